The summed E-state index contributed by atoms with van der Waals surface area (Å²) in [5.74, 6) is 0. The van der Waals surface area contributed by atoms with Crippen molar-refractivity contribution in [1.29, 1.82) is 0 Å². The number of halogens is 1. The Balaban J connectivity index is 2.06. The summed E-state index contributed by atoms with van der Waals surface area (Å²) in [6, 6.07) is 15.9. The van der Waals surface area contributed by atoms with Gasteiger partial charge in [0.25, 0.3) is 0 Å². The zero-order valence-corrected chi connectivity index (χ0v) is 11.3. The molecule has 4 aromatic rings. The molecule has 19 heavy (non-hydrogen) atoms. The molecule has 4 rings (SSSR count). The van der Waals surface area contributed by atoms with Crippen LogP contribution in [0.15, 0.2) is 48.5 Å². The third kappa shape index (κ3) is 1.64. The highest BCUT2D eigenvalue weighted by Gasteiger charge is 2.13. The van der Waals surface area contributed by atoms with Crippen molar-refractivity contribution in [3.8, 4) is 5.13 Å². The second kappa shape index (κ2) is 4.05. The Morgan fingerprint density at radius 1 is 0.895 bits per heavy atom. The predicted molar refractivity (Wildman–Crippen MR) is 79.3 cm³/mol. The van der Waals surface area contributed by atoms with Gasteiger partial charge in [-0.15, -0.1) is 0 Å². The van der Waals surface area contributed by atoms with Crippen LogP contribution in [0, 0.1) is 0 Å². The monoisotopic (exact) mass is 285 g/mol. The molecule has 5 heteroatoms. The van der Waals surface area contributed by atoms with Crippen LogP contribution in [0.3, 0.4) is 0 Å². The fourth-order valence-electron chi connectivity index (χ4n) is 2.13. The number of rotatable bonds is 1. The molecule has 0 N–H and O–H groups in total. The Kier molecular flexibility index (Phi) is 2.33. The van der Waals surface area contributed by atoms with E-state index >= 15 is 0 Å². The van der Waals surface area contributed by atoms with E-state index in [1.807, 2.05) is 47.0 Å². The second-order valence-electron chi connectivity index (χ2n) is 4.17. The molecule has 0 saturated carbocycles. The topological polar surface area (TPSA) is 30.7 Å². The SMILES string of the molecule is Clc1nc2ccccc2n1-c1nc2ccccc2s1. The van der Waals surface area contributed by atoms with Gasteiger partial charge < -0.3 is 0 Å². The molecule has 0 radical (unpaired) electrons. The van der Waals surface area contributed by atoms with E-state index in [2.05, 4.69) is 16.0 Å². The summed E-state index contributed by atoms with van der Waals surface area (Å²) < 4.78 is 3.04. The van der Waals surface area contributed by atoms with Crippen LogP contribution < -0.4 is 0 Å². The van der Waals surface area contributed by atoms with Gasteiger partial charge in [0, 0.05) is 0 Å². The maximum atomic E-state index is 6.25. The fraction of sp³-hybridized carbons (Fsp3) is 0. The molecule has 2 aromatic carbocycles. The van der Waals surface area contributed by atoms with Crippen LogP contribution >= 0.6 is 22.9 Å². The highest BCUT2D eigenvalue weighted by molar-refractivity contribution is 7.20. The molecule has 0 aliphatic heterocycles. The first-order valence-corrected chi connectivity index (χ1v) is 7.01. The lowest BCUT2D eigenvalue weighted by atomic mass is 10.3. The van der Waals surface area contributed by atoms with Gasteiger partial charge in [-0.2, -0.15) is 0 Å². The smallest absolute Gasteiger partial charge is 0.210 e. The van der Waals surface area contributed by atoms with Crippen molar-refractivity contribution >= 4 is 44.2 Å². The van der Waals surface area contributed by atoms with Gasteiger partial charge in [-0.1, -0.05) is 35.6 Å². The third-order valence-corrected chi connectivity index (χ3v) is 4.27. The molecule has 2 aromatic heterocycles. The number of hydrogen-bond acceptors (Lipinski definition) is 3. The van der Waals surface area contributed by atoms with Crippen molar-refractivity contribution in [2.75, 3.05) is 0 Å². The first-order chi connectivity index (χ1) is 9.33. The molecule has 0 atom stereocenters. The summed E-state index contributed by atoms with van der Waals surface area (Å²) in [6.07, 6.45) is 0. The number of aromatic nitrogens is 3. The average molecular weight is 286 g/mol. The van der Waals surface area contributed by atoms with Gasteiger partial charge in [0.2, 0.25) is 5.28 Å². The van der Waals surface area contributed by atoms with Crippen molar-refractivity contribution in [2.45, 2.75) is 0 Å². The molecule has 0 aliphatic carbocycles. The highest BCUT2D eigenvalue weighted by atomic mass is 35.5. The summed E-state index contributed by atoms with van der Waals surface area (Å²) in [7, 11) is 0. The highest BCUT2D eigenvalue weighted by Crippen LogP contribution is 2.30. The first-order valence-electron chi connectivity index (χ1n) is 5.82. The number of para-hydroxylation sites is 3. The van der Waals surface area contributed by atoms with Crippen LogP contribution in [0.1, 0.15) is 0 Å². The van der Waals surface area contributed by atoms with E-state index in [0.29, 0.717) is 5.28 Å². The first kappa shape index (κ1) is 11.0. The third-order valence-electron chi connectivity index (χ3n) is 2.99. The van der Waals surface area contributed by atoms with Crippen LogP contribution in [0.2, 0.25) is 5.28 Å². The number of thiazole rings is 1. The Hall–Kier alpha value is -1.91. The zero-order chi connectivity index (χ0) is 12.8. The van der Waals surface area contributed by atoms with Gasteiger partial charge in [0.05, 0.1) is 21.3 Å². The van der Waals surface area contributed by atoms with E-state index in [1.54, 1.807) is 11.3 Å². The predicted octanol–water partition coefficient (Wildman–Crippen LogP) is 4.29. The number of imidazole rings is 1. The molecule has 0 fully saturated rings. The molecule has 2 heterocycles. The lowest BCUT2D eigenvalue weighted by Crippen LogP contribution is -1.92. The zero-order valence-electron chi connectivity index (χ0n) is 9.75. The van der Waals surface area contributed by atoms with Crippen molar-refractivity contribution < 1.29 is 0 Å². The molecule has 0 spiro atoms. The number of nitrogens with zero attached hydrogens (tertiary/aromatic N) is 3. The number of hydrogen-bond donors (Lipinski definition) is 0. The fourth-order valence-corrected chi connectivity index (χ4v) is 3.43. The van der Waals surface area contributed by atoms with Crippen LogP contribution in [0.5, 0.6) is 0 Å². The number of fused-ring (bicyclic) bond motifs is 2. The van der Waals surface area contributed by atoms with Gasteiger partial charge in [-0.3, -0.25) is 4.57 Å². The van der Waals surface area contributed by atoms with Crippen LogP contribution in [0.4, 0.5) is 0 Å². The molecule has 92 valence electrons. The molecular formula is C14H8ClN3S. The van der Waals surface area contributed by atoms with Gasteiger partial charge in [0.1, 0.15) is 0 Å². The maximum absolute atomic E-state index is 6.25. The summed E-state index contributed by atoms with van der Waals surface area (Å²) in [5.41, 5.74) is 2.84. The normalized spacial score (nSPS) is 11.4. The Bertz CT molecular complexity index is 861. The summed E-state index contributed by atoms with van der Waals surface area (Å²) >= 11 is 7.86. The minimum atomic E-state index is 0.445. The molecule has 0 unspecified atom stereocenters. The summed E-state index contributed by atoms with van der Waals surface area (Å²) in [4.78, 5) is 8.98. The Labute approximate surface area is 118 Å². The molecule has 0 amide bonds. The van der Waals surface area contributed by atoms with Gasteiger partial charge in [-0.25, -0.2) is 9.97 Å². The van der Waals surface area contributed by atoms with Crippen molar-refractivity contribution in [1.82, 2.24) is 14.5 Å². The van der Waals surface area contributed by atoms with E-state index in [-0.39, 0.29) is 0 Å². The van der Waals surface area contributed by atoms with E-state index in [9.17, 15) is 0 Å². The van der Waals surface area contributed by atoms with E-state index in [1.165, 1.54) is 0 Å². The largest absolute Gasteiger partial charge is 0.258 e. The van der Waals surface area contributed by atoms with Crippen molar-refractivity contribution in [3.63, 3.8) is 0 Å². The number of benzene rings is 2. The van der Waals surface area contributed by atoms with Gasteiger partial charge in [-0.05, 0) is 35.9 Å². The minimum Gasteiger partial charge on any atom is -0.258 e. The molecule has 3 nitrogen and oxygen atoms in total. The average Bonchev–Trinajstić information content (AvgIpc) is 2.97. The van der Waals surface area contributed by atoms with Crippen molar-refractivity contribution in [2.24, 2.45) is 0 Å². The summed E-state index contributed by atoms with van der Waals surface area (Å²) in [6.45, 7) is 0. The lowest BCUT2D eigenvalue weighted by Gasteiger charge is -1.99. The lowest BCUT2D eigenvalue weighted by molar-refractivity contribution is 1.07. The minimum absolute atomic E-state index is 0.445. The van der Waals surface area contributed by atoms with E-state index in [0.717, 1.165) is 26.4 Å². The van der Waals surface area contributed by atoms with Gasteiger partial charge >= 0.3 is 0 Å². The summed E-state index contributed by atoms with van der Waals surface area (Å²) in [5, 5.41) is 1.29. The maximum Gasteiger partial charge on any atom is 0.210 e. The second-order valence-corrected chi connectivity index (χ2v) is 5.52. The molecule has 0 aliphatic rings. The standard InChI is InChI=1S/C14H8ClN3S/c15-13-16-9-5-1-3-7-11(9)18(13)14-17-10-6-2-4-8-12(10)19-14/h1-8H. The Morgan fingerprint density at radius 2 is 1.63 bits per heavy atom. The van der Waals surface area contributed by atoms with Crippen LogP contribution in [0.25, 0.3) is 26.4 Å². The van der Waals surface area contributed by atoms with Crippen LogP contribution in [-0.2, 0) is 0 Å². The molecule has 0 bridgehead atoms. The molecular weight excluding hydrogens is 278 g/mol. The Morgan fingerprint density at radius 3 is 2.47 bits per heavy atom. The molecule has 0 saturated heterocycles. The quantitative estimate of drug-likeness (QED) is 0.522. The van der Waals surface area contributed by atoms with Gasteiger partial charge in [0.15, 0.2) is 5.13 Å². The van der Waals surface area contributed by atoms with E-state index < -0.39 is 0 Å². The van der Waals surface area contributed by atoms with E-state index in [4.69, 9.17) is 11.6 Å². The van der Waals surface area contributed by atoms with Crippen molar-refractivity contribution in [3.05, 3.63) is 53.8 Å². The van der Waals surface area contributed by atoms with Crippen LogP contribution in [-0.4, -0.2) is 14.5 Å².